The topological polar surface area (TPSA) is 9.23 Å². The molecule has 0 N–H and O–H groups in total. The van der Waals surface area contributed by atoms with Crippen LogP contribution in [-0.4, -0.2) is 12.8 Å². The van der Waals surface area contributed by atoms with Crippen LogP contribution in [0.3, 0.4) is 0 Å². The first kappa shape index (κ1) is 9.96. The van der Waals surface area contributed by atoms with Crippen LogP contribution in [0, 0.1) is 0 Å². The molecule has 1 atom stereocenters. The lowest BCUT2D eigenvalue weighted by molar-refractivity contribution is 0.385. The molecule has 0 heterocycles. The molecule has 0 fully saturated rings. The Morgan fingerprint density at radius 1 is 1.56 bits per heavy atom. The number of hydrogen-bond donors (Lipinski definition) is 1. The van der Waals surface area contributed by atoms with Crippen molar-refractivity contribution in [2.75, 3.05) is 12.8 Å². The summed E-state index contributed by atoms with van der Waals surface area (Å²) in [6, 6.07) is 0. The van der Waals surface area contributed by atoms with E-state index in [4.69, 9.17) is 16.3 Å². The Hall–Kier alpha value is 0.960. The second-order valence-electron chi connectivity index (χ2n) is 1.78. The molecule has 0 bridgehead atoms. The highest BCUT2D eigenvalue weighted by atomic mass is 32.9. The van der Waals surface area contributed by atoms with Crippen LogP contribution >= 0.6 is 17.7 Å². The van der Waals surface area contributed by atoms with E-state index in [0.29, 0.717) is 6.61 Å². The normalized spacial score (nSPS) is 17.2. The van der Waals surface area contributed by atoms with Crippen LogP contribution in [0.2, 0.25) is 0 Å². The zero-order chi connectivity index (χ0) is 7.33. The maximum Gasteiger partial charge on any atom is 0.116 e. The maximum absolute atomic E-state index is 5.26. The van der Waals surface area contributed by atoms with Crippen molar-refractivity contribution in [3.05, 3.63) is 0 Å². The molecule has 1 nitrogen and oxygen atoms in total. The summed E-state index contributed by atoms with van der Waals surface area (Å²) in [5.74, 6) is 0. The van der Waals surface area contributed by atoms with Gasteiger partial charge in [0.2, 0.25) is 0 Å². The Morgan fingerprint density at radius 3 is 2.44 bits per heavy atom. The predicted octanol–water partition coefficient (Wildman–Crippen LogP) is 2.67. The van der Waals surface area contributed by atoms with Crippen LogP contribution < -0.4 is 0 Å². The van der Waals surface area contributed by atoms with Gasteiger partial charge in [-0.2, -0.15) is 0 Å². The molecular weight excluding hydrogens is 171 g/mol. The van der Waals surface area contributed by atoms with E-state index in [1.807, 2.05) is 6.92 Å². The molecule has 0 aromatic heterocycles. The van der Waals surface area contributed by atoms with Gasteiger partial charge in [-0.15, -0.1) is 12.2 Å². The van der Waals surface area contributed by atoms with E-state index in [1.165, 1.54) is 0 Å². The van der Waals surface area contributed by atoms with Crippen molar-refractivity contribution >= 4 is 29.5 Å². The summed E-state index contributed by atoms with van der Waals surface area (Å²) in [7, 11) is 0. The van der Waals surface area contributed by atoms with E-state index in [1.54, 1.807) is 0 Å². The molecule has 0 aromatic rings. The van der Waals surface area contributed by atoms with Gasteiger partial charge in [0.05, 0.1) is 0 Å². The van der Waals surface area contributed by atoms with E-state index in [-0.39, 0.29) is 0 Å². The monoisotopic (exact) mass is 184 g/mol. The Balaban J connectivity index is 3.58. The molecule has 0 spiro atoms. The van der Waals surface area contributed by atoms with E-state index >= 15 is 0 Å². The van der Waals surface area contributed by atoms with Gasteiger partial charge in [0.1, 0.15) is 5.47 Å². The predicted molar refractivity (Wildman–Crippen MR) is 50.1 cm³/mol. The zero-order valence-electron chi connectivity index (χ0n) is 5.83. The smallest absolute Gasteiger partial charge is 0.116 e. The molecule has 0 aliphatic heterocycles. The van der Waals surface area contributed by atoms with Crippen molar-refractivity contribution in [2.24, 2.45) is 0 Å². The van der Waals surface area contributed by atoms with Gasteiger partial charge in [-0.3, -0.25) is 0 Å². The van der Waals surface area contributed by atoms with E-state index in [9.17, 15) is 0 Å². The van der Waals surface area contributed by atoms with Gasteiger partial charge in [0.15, 0.2) is 0 Å². The molecule has 0 rings (SSSR count). The minimum atomic E-state index is -1.66. The molecule has 1 unspecified atom stereocenters. The third-order valence-electron chi connectivity index (χ3n) is 0.837. The van der Waals surface area contributed by atoms with Crippen molar-refractivity contribution in [1.82, 2.24) is 0 Å². The molecule has 0 amide bonds. The molecule has 0 saturated carbocycles. The summed E-state index contributed by atoms with van der Waals surface area (Å²) in [4.78, 5) is 0. The molecule has 56 valence electrons. The van der Waals surface area contributed by atoms with Crippen molar-refractivity contribution in [1.29, 1.82) is 0 Å². The zero-order valence-corrected chi connectivity index (χ0v) is 8.44. The summed E-state index contributed by atoms with van der Waals surface area (Å²) >= 11 is 9.35. The lowest BCUT2D eigenvalue weighted by Gasteiger charge is -2.12. The van der Waals surface area contributed by atoms with Gasteiger partial charge in [0.25, 0.3) is 0 Å². The third-order valence-corrected chi connectivity index (χ3v) is 4.32. The van der Waals surface area contributed by atoms with E-state index < -0.39 is 5.47 Å². The summed E-state index contributed by atoms with van der Waals surface area (Å²) in [5.41, 5.74) is -1.66. The first-order valence-corrected chi connectivity index (χ1v) is 7.14. The fourth-order valence-electron chi connectivity index (χ4n) is 0.549. The van der Waals surface area contributed by atoms with Crippen molar-refractivity contribution in [2.45, 2.75) is 20.3 Å². The van der Waals surface area contributed by atoms with Gasteiger partial charge < -0.3 is 4.52 Å². The van der Waals surface area contributed by atoms with Crippen LogP contribution in [-0.2, 0) is 16.3 Å². The first-order valence-electron chi connectivity index (χ1n) is 3.08. The highest BCUT2D eigenvalue weighted by molar-refractivity contribution is 8.61. The summed E-state index contributed by atoms with van der Waals surface area (Å²) < 4.78 is 5.26. The Morgan fingerprint density at radius 2 is 2.11 bits per heavy atom. The van der Waals surface area contributed by atoms with E-state index in [0.717, 1.165) is 12.6 Å². The molecule has 0 aromatic carbocycles. The van der Waals surface area contributed by atoms with E-state index in [2.05, 4.69) is 19.2 Å². The van der Waals surface area contributed by atoms with Crippen LogP contribution in [0.5, 0.6) is 0 Å². The van der Waals surface area contributed by atoms with Gasteiger partial charge in [0, 0.05) is 12.8 Å². The largest absolute Gasteiger partial charge is 0.342 e. The van der Waals surface area contributed by atoms with Crippen LogP contribution in [0.4, 0.5) is 0 Å². The van der Waals surface area contributed by atoms with Gasteiger partial charge >= 0.3 is 0 Å². The fraction of sp³-hybridized carbons (Fsp3) is 1.00. The fourth-order valence-corrected chi connectivity index (χ4v) is 3.46. The highest BCUT2D eigenvalue weighted by Gasteiger charge is 2.07. The number of hydrogen-bond acceptors (Lipinski definition) is 2. The molecular formula is C5H13OPS2. The van der Waals surface area contributed by atoms with Crippen molar-refractivity contribution in [3.8, 4) is 0 Å². The Kier molecular flexibility index (Phi) is 5.23. The van der Waals surface area contributed by atoms with Gasteiger partial charge in [-0.1, -0.05) is 18.7 Å². The quantitative estimate of drug-likeness (QED) is 0.531. The van der Waals surface area contributed by atoms with Crippen molar-refractivity contribution in [3.63, 3.8) is 0 Å². The second-order valence-corrected chi connectivity index (χ2v) is 8.28. The summed E-state index contributed by atoms with van der Waals surface area (Å²) in [5, 5.41) is 0. The lowest BCUT2D eigenvalue weighted by atomic mass is 10.6. The first-order chi connectivity index (χ1) is 4.12. The number of rotatable bonds is 4. The molecule has 9 heavy (non-hydrogen) atoms. The molecule has 0 radical (unpaired) electrons. The molecule has 0 aliphatic rings. The number of thiol groups is 1. The van der Waals surface area contributed by atoms with Crippen molar-refractivity contribution < 1.29 is 4.52 Å². The highest BCUT2D eigenvalue weighted by Crippen LogP contribution is 2.52. The second kappa shape index (κ2) is 4.73. The van der Waals surface area contributed by atoms with Crippen LogP contribution in [0.1, 0.15) is 20.3 Å². The van der Waals surface area contributed by atoms with Crippen LogP contribution in [0.25, 0.3) is 0 Å². The SMILES string of the molecule is CCCP(=S)(S)OCC. The summed E-state index contributed by atoms with van der Waals surface area (Å²) in [6.07, 6.45) is 2.01. The lowest BCUT2D eigenvalue weighted by Crippen LogP contribution is -1.87. The van der Waals surface area contributed by atoms with Gasteiger partial charge in [-0.05, 0) is 13.3 Å². The minimum absolute atomic E-state index is 0.695. The molecule has 0 aliphatic carbocycles. The average molecular weight is 184 g/mol. The minimum Gasteiger partial charge on any atom is -0.342 e. The summed E-state index contributed by atoms with van der Waals surface area (Å²) in [6.45, 7) is 4.74. The third kappa shape index (κ3) is 5.41. The molecule has 0 saturated heterocycles. The maximum atomic E-state index is 5.26. The van der Waals surface area contributed by atoms with Crippen LogP contribution in [0.15, 0.2) is 0 Å². The standard InChI is InChI=1S/C5H13OPS2/c1-3-5-7(8,9)6-4-2/h3-5H2,1-2H3,(H,8,9). The Bertz CT molecular complexity index is 106. The molecule has 4 heteroatoms. The Labute approximate surface area is 67.4 Å². The van der Waals surface area contributed by atoms with Gasteiger partial charge in [-0.25, -0.2) is 0 Å². The average Bonchev–Trinajstić information content (AvgIpc) is 1.64.